The monoisotopic (exact) mass is 362 g/mol. The van der Waals surface area contributed by atoms with Crippen LogP contribution in [0.4, 0.5) is 4.39 Å². The fourth-order valence-corrected chi connectivity index (χ4v) is 2.75. The van der Waals surface area contributed by atoms with Crippen LogP contribution in [-0.4, -0.2) is 18.4 Å². The highest BCUT2D eigenvalue weighted by molar-refractivity contribution is 5.96. The van der Waals surface area contributed by atoms with Crippen LogP contribution in [0.15, 0.2) is 84.9 Å². The van der Waals surface area contributed by atoms with E-state index >= 15 is 0 Å². The molecule has 0 unspecified atom stereocenters. The number of halogens is 1. The van der Waals surface area contributed by atoms with Gasteiger partial charge in [0.1, 0.15) is 5.82 Å². The van der Waals surface area contributed by atoms with Crippen LogP contribution >= 0.6 is 0 Å². The molecule has 0 aliphatic heterocycles. The maximum Gasteiger partial charge on any atom is 0.251 e. The van der Waals surface area contributed by atoms with Crippen LogP contribution in [0.3, 0.4) is 0 Å². The highest BCUT2D eigenvalue weighted by Gasteiger charge is 2.17. The molecule has 0 atom stereocenters. The second kappa shape index (κ2) is 8.76. The predicted octanol–water partition coefficient (Wildman–Crippen LogP) is 3.46. The van der Waals surface area contributed by atoms with E-state index in [1.807, 2.05) is 60.7 Å². The number of amides is 2. The summed E-state index contributed by atoms with van der Waals surface area (Å²) in [5.74, 6) is -1.33. The van der Waals surface area contributed by atoms with E-state index in [2.05, 4.69) is 10.6 Å². The lowest BCUT2D eigenvalue weighted by Gasteiger charge is -2.20. The first-order valence-electron chi connectivity index (χ1n) is 8.56. The van der Waals surface area contributed by atoms with Crippen molar-refractivity contribution in [1.82, 2.24) is 10.6 Å². The third kappa shape index (κ3) is 5.01. The van der Waals surface area contributed by atoms with Crippen LogP contribution in [0.25, 0.3) is 0 Å². The summed E-state index contributed by atoms with van der Waals surface area (Å²) in [6, 6.07) is 24.2. The molecule has 4 nitrogen and oxygen atoms in total. The maximum absolute atomic E-state index is 13.2. The molecule has 0 saturated heterocycles. The van der Waals surface area contributed by atoms with Crippen LogP contribution in [0, 0.1) is 5.82 Å². The minimum Gasteiger partial charge on any atom is -0.344 e. The van der Waals surface area contributed by atoms with Crippen molar-refractivity contribution in [3.05, 3.63) is 107 Å². The van der Waals surface area contributed by atoms with Crippen molar-refractivity contribution < 1.29 is 14.0 Å². The Balaban J connectivity index is 1.67. The molecular formula is C22H19FN2O2. The summed E-state index contributed by atoms with van der Waals surface area (Å²) in [6.07, 6.45) is 0. The Morgan fingerprint density at radius 3 is 1.96 bits per heavy atom. The first-order valence-corrected chi connectivity index (χ1v) is 8.56. The fourth-order valence-electron chi connectivity index (χ4n) is 2.75. The van der Waals surface area contributed by atoms with Gasteiger partial charge in [-0.1, -0.05) is 66.7 Å². The molecule has 27 heavy (non-hydrogen) atoms. The zero-order chi connectivity index (χ0) is 19.1. The molecule has 0 fully saturated rings. The molecule has 2 N–H and O–H groups in total. The first kappa shape index (κ1) is 18.3. The Morgan fingerprint density at radius 1 is 0.815 bits per heavy atom. The Bertz CT molecular complexity index is 874. The van der Waals surface area contributed by atoms with E-state index < -0.39 is 11.7 Å². The van der Waals surface area contributed by atoms with Crippen LogP contribution in [0.2, 0.25) is 0 Å². The SMILES string of the molecule is O=C(CNC(=O)c1cccc(F)c1)NC(c1ccccc1)c1ccccc1. The fraction of sp³-hybridized carbons (Fsp3) is 0.0909. The Morgan fingerprint density at radius 2 is 1.41 bits per heavy atom. The third-order valence-corrected chi connectivity index (χ3v) is 4.07. The summed E-state index contributed by atoms with van der Waals surface area (Å²) < 4.78 is 13.2. The van der Waals surface area contributed by atoms with E-state index in [1.165, 1.54) is 18.2 Å². The lowest BCUT2D eigenvalue weighted by molar-refractivity contribution is -0.120. The van der Waals surface area contributed by atoms with Crippen molar-refractivity contribution in [1.29, 1.82) is 0 Å². The largest absolute Gasteiger partial charge is 0.344 e. The van der Waals surface area contributed by atoms with Crippen molar-refractivity contribution in [3.8, 4) is 0 Å². The van der Waals surface area contributed by atoms with Gasteiger partial charge in [0.15, 0.2) is 0 Å². The van der Waals surface area contributed by atoms with E-state index in [0.29, 0.717) is 0 Å². The minimum absolute atomic E-state index is 0.172. The van der Waals surface area contributed by atoms with Crippen molar-refractivity contribution in [2.75, 3.05) is 6.54 Å². The van der Waals surface area contributed by atoms with E-state index in [1.54, 1.807) is 0 Å². The lowest BCUT2D eigenvalue weighted by atomic mass is 9.99. The number of carbonyl (C=O) groups excluding carboxylic acids is 2. The van der Waals surface area contributed by atoms with Gasteiger partial charge in [0.05, 0.1) is 12.6 Å². The number of benzene rings is 3. The molecule has 0 aromatic heterocycles. The second-order valence-electron chi connectivity index (χ2n) is 6.01. The maximum atomic E-state index is 13.2. The number of hydrogen-bond acceptors (Lipinski definition) is 2. The van der Waals surface area contributed by atoms with Gasteiger partial charge >= 0.3 is 0 Å². The number of rotatable bonds is 6. The number of carbonyl (C=O) groups is 2. The molecule has 5 heteroatoms. The van der Waals surface area contributed by atoms with Crippen LogP contribution in [0.5, 0.6) is 0 Å². The van der Waals surface area contributed by atoms with E-state index in [-0.39, 0.29) is 24.1 Å². The summed E-state index contributed by atoms with van der Waals surface area (Å²) in [5.41, 5.74) is 2.05. The molecule has 136 valence electrons. The van der Waals surface area contributed by atoms with Gasteiger partial charge in [0, 0.05) is 5.56 Å². The normalized spacial score (nSPS) is 10.4. The summed E-state index contributed by atoms with van der Waals surface area (Å²) in [4.78, 5) is 24.5. The molecule has 3 aromatic carbocycles. The molecule has 0 bridgehead atoms. The van der Waals surface area contributed by atoms with Crippen molar-refractivity contribution in [2.45, 2.75) is 6.04 Å². The van der Waals surface area contributed by atoms with Gasteiger partial charge < -0.3 is 10.6 Å². The zero-order valence-corrected chi connectivity index (χ0v) is 14.6. The van der Waals surface area contributed by atoms with Crippen LogP contribution < -0.4 is 10.6 Å². The summed E-state index contributed by atoms with van der Waals surface area (Å²) >= 11 is 0. The topological polar surface area (TPSA) is 58.2 Å². The quantitative estimate of drug-likeness (QED) is 0.706. The van der Waals surface area contributed by atoms with Gasteiger partial charge in [-0.15, -0.1) is 0 Å². The molecule has 0 spiro atoms. The Labute approximate surface area is 157 Å². The standard InChI is InChI=1S/C22H19FN2O2/c23-19-13-7-12-18(14-19)22(27)24-15-20(26)25-21(16-8-3-1-4-9-16)17-10-5-2-6-11-17/h1-14,21H,15H2,(H,24,27)(H,25,26). The zero-order valence-electron chi connectivity index (χ0n) is 14.6. The number of nitrogens with one attached hydrogen (secondary N) is 2. The van der Waals surface area contributed by atoms with Crippen LogP contribution in [-0.2, 0) is 4.79 Å². The minimum atomic E-state index is -0.500. The molecule has 0 aliphatic carbocycles. The van der Waals surface area contributed by atoms with Gasteiger partial charge in [-0.05, 0) is 29.3 Å². The van der Waals surface area contributed by atoms with Crippen molar-refractivity contribution in [3.63, 3.8) is 0 Å². The van der Waals surface area contributed by atoms with E-state index in [4.69, 9.17) is 0 Å². The van der Waals surface area contributed by atoms with Gasteiger partial charge in [0.25, 0.3) is 5.91 Å². The van der Waals surface area contributed by atoms with Crippen LogP contribution in [0.1, 0.15) is 27.5 Å². The van der Waals surface area contributed by atoms with Gasteiger partial charge in [-0.3, -0.25) is 9.59 Å². The molecule has 0 heterocycles. The average Bonchev–Trinajstić information content (AvgIpc) is 2.71. The lowest BCUT2D eigenvalue weighted by Crippen LogP contribution is -2.39. The van der Waals surface area contributed by atoms with Crippen molar-refractivity contribution >= 4 is 11.8 Å². The molecule has 0 radical (unpaired) electrons. The average molecular weight is 362 g/mol. The first-order chi connectivity index (χ1) is 13.1. The molecule has 0 aliphatic rings. The third-order valence-electron chi connectivity index (χ3n) is 4.07. The smallest absolute Gasteiger partial charge is 0.251 e. The Hall–Kier alpha value is -3.47. The molecule has 2 amide bonds. The van der Waals surface area contributed by atoms with Gasteiger partial charge in [0.2, 0.25) is 5.91 Å². The summed E-state index contributed by atoms with van der Waals surface area (Å²) in [7, 11) is 0. The molecule has 0 saturated carbocycles. The van der Waals surface area contributed by atoms with E-state index in [0.717, 1.165) is 17.2 Å². The predicted molar refractivity (Wildman–Crippen MR) is 102 cm³/mol. The van der Waals surface area contributed by atoms with Crippen molar-refractivity contribution in [2.24, 2.45) is 0 Å². The summed E-state index contributed by atoms with van der Waals surface area (Å²) in [5, 5.41) is 5.46. The summed E-state index contributed by atoms with van der Waals surface area (Å²) in [6.45, 7) is -0.203. The second-order valence-corrected chi connectivity index (χ2v) is 6.01. The van der Waals surface area contributed by atoms with Gasteiger partial charge in [-0.25, -0.2) is 4.39 Å². The molecule has 3 aromatic rings. The highest BCUT2D eigenvalue weighted by Crippen LogP contribution is 2.21. The number of hydrogen-bond donors (Lipinski definition) is 2. The van der Waals surface area contributed by atoms with Gasteiger partial charge in [-0.2, -0.15) is 0 Å². The highest BCUT2D eigenvalue weighted by atomic mass is 19.1. The molecule has 3 rings (SSSR count). The Kier molecular flexibility index (Phi) is 5.94. The molecular weight excluding hydrogens is 343 g/mol. The van der Waals surface area contributed by atoms with E-state index in [9.17, 15) is 14.0 Å².